The van der Waals surface area contributed by atoms with Crippen LogP contribution in [0.3, 0.4) is 0 Å². The zero-order valence-corrected chi connectivity index (χ0v) is 14.1. The molecule has 0 spiro atoms. The van der Waals surface area contributed by atoms with E-state index >= 15 is 0 Å². The highest BCUT2D eigenvalue weighted by Gasteiger charge is 2.24. The van der Waals surface area contributed by atoms with Crippen LogP contribution in [0.5, 0.6) is 0 Å². The Balaban J connectivity index is 1.58. The third-order valence-corrected chi connectivity index (χ3v) is 5.42. The third-order valence-electron chi connectivity index (χ3n) is 4.42. The van der Waals surface area contributed by atoms with Crippen LogP contribution in [0.1, 0.15) is 33.9 Å². The van der Waals surface area contributed by atoms with E-state index in [2.05, 4.69) is 41.1 Å². The molecule has 0 unspecified atom stereocenters. The van der Waals surface area contributed by atoms with Gasteiger partial charge in [-0.1, -0.05) is 0 Å². The molecule has 0 aliphatic carbocycles. The molecule has 5 heteroatoms. The van der Waals surface area contributed by atoms with Gasteiger partial charge >= 0.3 is 0 Å². The zero-order valence-electron chi connectivity index (χ0n) is 13.3. The summed E-state index contributed by atoms with van der Waals surface area (Å²) in [6.45, 7) is 5.95. The summed E-state index contributed by atoms with van der Waals surface area (Å²) in [5, 5.41) is 7.18. The van der Waals surface area contributed by atoms with Crippen molar-refractivity contribution in [1.82, 2.24) is 15.1 Å². The Hall–Kier alpha value is -1.62. The van der Waals surface area contributed by atoms with Gasteiger partial charge in [0.15, 0.2) is 0 Å². The minimum absolute atomic E-state index is 0.271. The SMILES string of the molecule is Cc1ccc(CC(=O)N2CCC[C@H](Cc3[nH]ncc3C)C2)s1. The number of nitrogens with zero attached hydrogens (tertiary/aromatic N) is 2. The Morgan fingerprint density at radius 3 is 3.00 bits per heavy atom. The smallest absolute Gasteiger partial charge is 0.227 e. The molecule has 1 atom stereocenters. The van der Waals surface area contributed by atoms with Gasteiger partial charge in [0.2, 0.25) is 5.91 Å². The second-order valence-corrected chi connectivity index (χ2v) is 7.65. The van der Waals surface area contributed by atoms with E-state index in [1.807, 2.05) is 6.20 Å². The molecule has 0 aromatic carbocycles. The number of hydrogen-bond donors (Lipinski definition) is 1. The molecule has 1 fully saturated rings. The van der Waals surface area contributed by atoms with E-state index in [9.17, 15) is 4.79 Å². The maximum Gasteiger partial charge on any atom is 0.227 e. The van der Waals surface area contributed by atoms with Gasteiger partial charge in [0.05, 0.1) is 12.6 Å². The average molecular weight is 317 g/mol. The van der Waals surface area contributed by atoms with E-state index in [0.717, 1.165) is 25.9 Å². The largest absolute Gasteiger partial charge is 0.342 e. The monoisotopic (exact) mass is 317 g/mol. The van der Waals surface area contributed by atoms with Gasteiger partial charge in [0.1, 0.15) is 0 Å². The van der Waals surface area contributed by atoms with Crippen molar-refractivity contribution in [3.63, 3.8) is 0 Å². The number of H-pyrrole nitrogens is 1. The number of hydrogen-bond acceptors (Lipinski definition) is 3. The van der Waals surface area contributed by atoms with Crippen LogP contribution >= 0.6 is 11.3 Å². The normalized spacial score (nSPS) is 18.6. The number of thiophene rings is 1. The molecule has 1 aliphatic heterocycles. The molecule has 22 heavy (non-hydrogen) atoms. The van der Waals surface area contributed by atoms with Crippen LogP contribution in [0.4, 0.5) is 0 Å². The Morgan fingerprint density at radius 1 is 1.45 bits per heavy atom. The molecule has 1 amide bonds. The van der Waals surface area contributed by atoms with Crippen LogP contribution in [0, 0.1) is 19.8 Å². The number of likely N-dealkylation sites (tertiary alicyclic amines) is 1. The lowest BCUT2D eigenvalue weighted by atomic mass is 9.92. The molecule has 1 saturated heterocycles. The Kier molecular flexibility index (Phi) is 4.62. The summed E-state index contributed by atoms with van der Waals surface area (Å²) in [6.07, 6.45) is 5.72. The minimum Gasteiger partial charge on any atom is -0.342 e. The summed E-state index contributed by atoms with van der Waals surface area (Å²) in [4.78, 5) is 17.0. The summed E-state index contributed by atoms with van der Waals surface area (Å²) >= 11 is 1.73. The highest BCUT2D eigenvalue weighted by Crippen LogP contribution is 2.23. The first-order chi connectivity index (χ1) is 10.6. The van der Waals surface area contributed by atoms with Crippen molar-refractivity contribution in [2.24, 2.45) is 5.92 Å². The highest BCUT2D eigenvalue weighted by molar-refractivity contribution is 7.12. The number of aryl methyl sites for hydroxylation is 2. The van der Waals surface area contributed by atoms with E-state index < -0.39 is 0 Å². The van der Waals surface area contributed by atoms with Crippen LogP contribution in [0.15, 0.2) is 18.3 Å². The molecule has 0 saturated carbocycles. The van der Waals surface area contributed by atoms with E-state index in [-0.39, 0.29) is 5.91 Å². The van der Waals surface area contributed by atoms with Gasteiger partial charge in [-0.15, -0.1) is 11.3 Å². The van der Waals surface area contributed by atoms with Crippen LogP contribution in [-0.4, -0.2) is 34.1 Å². The summed E-state index contributed by atoms with van der Waals surface area (Å²) in [5.41, 5.74) is 2.44. The molecule has 2 aromatic heterocycles. The quantitative estimate of drug-likeness (QED) is 0.942. The molecular weight excluding hydrogens is 294 g/mol. The number of carbonyl (C=O) groups excluding carboxylic acids is 1. The molecule has 3 heterocycles. The fourth-order valence-corrected chi connectivity index (χ4v) is 4.05. The zero-order chi connectivity index (χ0) is 15.5. The molecule has 2 aromatic rings. The summed E-state index contributed by atoms with van der Waals surface area (Å²) < 4.78 is 0. The maximum atomic E-state index is 12.5. The molecule has 0 radical (unpaired) electrons. The first kappa shape index (κ1) is 15.3. The average Bonchev–Trinajstić information content (AvgIpc) is 3.08. The lowest BCUT2D eigenvalue weighted by molar-refractivity contribution is -0.132. The molecule has 3 rings (SSSR count). The van der Waals surface area contributed by atoms with Crippen molar-refractivity contribution >= 4 is 17.2 Å². The van der Waals surface area contributed by atoms with Gasteiger partial charge in [-0.05, 0) is 56.7 Å². The Labute approximate surface area is 135 Å². The fourth-order valence-electron chi connectivity index (χ4n) is 3.17. The van der Waals surface area contributed by atoms with E-state index in [0.29, 0.717) is 12.3 Å². The van der Waals surface area contributed by atoms with Gasteiger partial charge < -0.3 is 4.90 Å². The maximum absolute atomic E-state index is 12.5. The van der Waals surface area contributed by atoms with Gasteiger partial charge in [-0.2, -0.15) is 5.10 Å². The van der Waals surface area contributed by atoms with E-state index in [4.69, 9.17) is 0 Å². The second-order valence-electron chi connectivity index (χ2n) is 6.27. The Morgan fingerprint density at radius 2 is 2.32 bits per heavy atom. The van der Waals surface area contributed by atoms with E-state index in [1.54, 1.807) is 11.3 Å². The van der Waals surface area contributed by atoms with Crippen LogP contribution in [-0.2, 0) is 17.6 Å². The minimum atomic E-state index is 0.271. The third kappa shape index (κ3) is 3.58. The topological polar surface area (TPSA) is 49.0 Å². The molecule has 0 bridgehead atoms. The number of aromatic amines is 1. The van der Waals surface area contributed by atoms with Crippen molar-refractivity contribution in [3.05, 3.63) is 39.3 Å². The van der Waals surface area contributed by atoms with E-state index in [1.165, 1.54) is 27.4 Å². The van der Waals surface area contributed by atoms with Crippen molar-refractivity contribution in [1.29, 1.82) is 0 Å². The van der Waals surface area contributed by atoms with Crippen molar-refractivity contribution < 1.29 is 4.79 Å². The van der Waals surface area contributed by atoms with Crippen molar-refractivity contribution in [2.75, 3.05) is 13.1 Å². The predicted octanol–water partition coefficient (Wildman–Crippen LogP) is 3.11. The standard InChI is InChI=1S/C17H23N3OS/c1-12-10-18-19-16(12)8-14-4-3-7-20(11-14)17(21)9-15-6-5-13(2)22-15/h5-6,10,14H,3-4,7-9,11H2,1-2H3,(H,18,19)/t14-/m1/s1. The van der Waals surface area contributed by atoms with Gasteiger partial charge in [0, 0.05) is 28.5 Å². The number of amides is 1. The van der Waals surface area contributed by atoms with Crippen LogP contribution < -0.4 is 0 Å². The number of aromatic nitrogens is 2. The molecule has 1 aliphatic rings. The molecule has 118 valence electrons. The van der Waals surface area contributed by atoms with Gasteiger partial charge in [-0.3, -0.25) is 9.89 Å². The molecular formula is C17H23N3OS. The molecule has 4 nitrogen and oxygen atoms in total. The lowest BCUT2D eigenvalue weighted by Gasteiger charge is -2.32. The first-order valence-electron chi connectivity index (χ1n) is 7.94. The molecule has 1 N–H and O–H groups in total. The summed E-state index contributed by atoms with van der Waals surface area (Å²) in [5.74, 6) is 0.815. The first-order valence-corrected chi connectivity index (χ1v) is 8.75. The van der Waals surface area contributed by atoms with Crippen LogP contribution in [0.2, 0.25) is 0 Å². The summed E-state index contributed by atoms with van der Waals surface area (Å²) in [6, 6.07) is 4.17. The highest BCUT2D eigenvalue weighted by atomic mass is 32.1. The predicted molar refractivity (Wildman–Crippen MR) is 89.1 cm³/mol. The lowest BCUT2D eigenvalue weighted by Crippen LogP contribution is -2.41. The van der Waals surface area contributed by atoms with Crippen LogP contribution in [0.25, 0.3) is 0 Å². The second kappa shape index (κ2) is 6.65. The van der Waals surface area contributed by atoms with Gasteiger partial charge in [-0.25, -0.2) is 0 Å². The number of nitrogens with one attached hydrogen (secondary N) is 1. The number of piperidine rings is 1. The van der Waals surface area contributed by atoms with Gasteiger partial charge in [0.25, 0.3) is 0 Å². The summed E-state index contributed by atoms with van der Waals surface area (Å²) in [7, 11) is 0. The Bertz CT molecular complexity index is 646. The number of carbonyl (C=O) groups is 1. The number of rotatable bonds is 4. The van der Waals surface area contributed by atoms with Crippen molar-refractivity contribution in [2.45, 2.75) is 39.5 Å². The van der Waals surface area contributed by atoms with Crippen molar-refractivity contribution in [3.8, 4) is 0 Å². The fraction of sp³-hybridized carbons (Fsp3) is 0.529.